The third-order valence-corrected chi connectivity index (χ3v) is 2.73. The molecule has 0 aliphatic carbocycles. The molecule has 3 nitrogen and oxygen atoms in total. The second kappa shape index (κ2) is 3.57. The van der Waals surface area contributed by atoms with Crippen molar-refractivity contribution in [2.24, 2.45) is 4.99 Å². The van der Waals surface area contributed by atoms with Crippen LogP contribution in [-0.4, -0.2) is 17.5 Å². The molecule has 1 aliphatic rings. The van der Waals surface area contributed by atoms with Gasteiger partial charge in [0.1, 0.15) is 12.4 Å². The van der Waals surface area contributed by atoms with Crippen molar-refractivity contribution in [3.63, 3.8) is 0 Å². The van der Waals surface area contributed by atoms with Gasteiger partial charge in [-0.05, 0) is 30.1 Å². The van der Waals surface area contributed by atoms with Gasteiger partial charge >= 0.3 is 0 Å². The van der Waals surface area contributed by atoms with Gasteiger partial charge in [0.15, 0.2) is 0 Å². The molecule has 1 aromatic carbocycles. The number of rotatable bonds is 1. The van der Waals surface area contributed by atoms with Crippen molar-refractivity contribution < 1.29 is 5.11 Å². The highest BCUT2D eigenvalue weighted by atomic mass is 35.5. The fourth-order valence-corrected chi connectivity index (χ4v) is 1.99. The summed E-state index contributed by atoms with van der Waals surface area (Å²) in [5.41, 5.74) is 0.845. The molecule has 0 bridgehead atoms. The SMILES string of the molecule is OCC1=Nc2ccc(Cl)cc2SN1. The molecule has 0 saturated heterocycles. The summed E-state index contributed by atoms with van der Waals surface area (Å²) in [6.07, 6.45) is 0. The van der Waals surface area contributed by atoms with Crippen LogP contribution in [0.5, 0.6) is 0 Å². The highest BCUT2D eigenvalue weighted by Gasteiger charge is 2.11. The standard InChI is InChI=1S/C8H7ClN2OS/c9-5-1-2-6-7(3-5)13-11-8(4-12)10-6/h1-3,12H,4H2,(H,10,11). The summed E-state index contributed by atoms with van der Waals surface area (Å²) in [6.45, 7) is -0.0743. The molecule has 0 amide bonds. The Labute approximate surface area is 85.0 Å². The van der Waals surface area contributed by atoms with Crippen molar-refractivity contribution in [1.29, 1.82) is 0 Å². The molecule has 2 N–H and O–H groups in total. The lowest BCUT2D eigenvalue weighted by Crippen LogP contribution is -2.21. The first-order valence-corrected chi connectivity index (χ1v) is 4.90. The highest BCUT2D eigenvalue weighted by molar-refractivity contribution is 7.98. The van der Waals surface area contributed by atoms with Gasteiger partial charge in [-0.2, -0.15) is 0 Å². The normalized spacial score (nSPS) is 14.5. The maximum atomic E-state index is 8.84. The molecule has 68 valence electrons. The molecule has 0 fully saturated rings. The molecular weight excluding hydrogens is 208 g/mol. The molecule has 0 saturated carbocycles. The van der Waals surface area contributed by atoms with E-state index < -0.39 is 0 Å². The number of aliphatic imine (C=N–C) groups is 1. The zero-order valence-electron chi connectivity index (χ0n) is 6.62. The van der Waals surface area contributed by atoms with Gasteiger partial charge in [0, 0.05) is 5.02 Å². The zero-order valence-corrected chi connectivity index (χ0v) is 8.19. The molecule has 0 aromatic heterocycles. The maximum absolute atomic E-state index is 8.84. The fraction of sp³-hybridized carbons (Fsp3) is 0.125. The molecule has 1 heterocycles. The van der Waals surface area contributed by atoms with Crippen LogP contribution in [-0.2, 0) is 0 Å². The molecule has 0 atom stereocenters. The Balaban J connectivity index is 2.42. The number of fused-ring (bicyclic) bond motifs is 1. The minimum absolute atomic E-state index is 0.0743. The Morgan fingerprint density at radius 2 is 2.38 bits per heavy atom. The first-order valence-electron chi connectivity index (χ1n) is 3.70. The highest BCUT2D eigenvalue weighted by Crippen LogP contribution is 2.33. The van der Waals surface area contributed by atoms with Crippen molar-refractivity contribution in [3.8, 4) is 0 Å². The van der Waals surface area contributed by atoms with Crippen LogP contribution in [0, 0.1) is 0 Å². The topological polar surface area (TPSA) is 44.6 Å². The second-order valence-corrected chi connectivity index (χ2v) is 3.82. The number of nitrogens with zero attached hydrogens (tertiary/aromatic N) is 1. The van der Waals surface area contributed by atoms with Crippen LogP contribution in [0.25, 0.3) is 0 Å². The number of aliphatic hydroxyl groups is 1. The van der Waals surface area contributed by atoms with Crippen LogP contribution < -0.4 is 4.72 Å². The van der Waals surface area contributed by atoms with E-state index in [1.807, 2.05) is 12.1 Å². The Morgan fingerprint density at radius 3 is 3.15 bits per heavy atom. The average molecular weight is 215 g/mol. The number of hydrogen-bond acceptors (Lipinski definition) is 4. The van der Waals surface area contributed by atoms with Crippen molar-refractivity contribution >= 4 is 35.1 Å². The molecular formula is C8H7ClN2OS. The quantitative estimate of drug-likeness (QED) is 0.703. The summed E-state index contributed by atoms with van der Waals surface area (Å²) in [5, 5.41) is 9.53. The van der Waals surface area contributed by atoms with Crippen molar-refractivity contribution in [1.82, 2.24) is 4.72 Å². The van der Waals surface area contributed by atoms with Crippen molar-refractivity contribution in [2.75, 3.05) is 6.61 Å². The van der Waals surface area contributed by atoms with E-state index in [4.69, 9.17) is 16.7 Å². The Morgan fingerprint density at radius 1 is 1.54 bits per heavy atom. The van der Waals surface area contributed by atoms with E-state index in [-0.39, 0.29) is 6.61 Å². The number of nitrogens with one attached hydrogen (secondary N) is 1. The van der Waals surface area contributed by atoms with Crippen molar-refractivity contribution in [2.45, 2.75) is 4.90 Å². The number of amidine groups is 1. The molecule has 0 spiro atoms. The summed E-state index contributed by atoms with van der Waals surface area (Å²) < 4.78 is 2.91. The third kappa shape index (κ3) is 1.80. The van der Waals surface area contributed by atoms with Crippen LogP contribution in [0.15, 0.2) is 28.1 Å². The Hall–Kier alpha value is -0.710. The van der Waals surface area contributed by atoms with E-state index in [2.05, 4.69) is 9.71 Å². The molecule has 0 unspecified atom stereocenters. The van der Waals surface area contributed by atoms with Gasteiger partial charge in [-0.3, -0.25) is 0 Å². The number of benzene rings is 1. The van der Waals surface area contributed by atoms with Gasteiger partial charge in [0.2, 0.25) is 0 Å². The van der Waals surface area contributed by atoms with Crippen LogP contribution in [0.2, 0.25) is 5.02 Å². The third-order valence-electron chi connectivity index (χ3n) is 1.61. The Bertz CT molecular complexity index is 367. The second-order valence-electron chi connectivity index (χ2n) is 2.53. The van der Waals surface area contributed by atoms with E-state index >= 15 is 0 Å². The first kappa shape index (κ1) is 8.87. The van der Waals surface area contributed by atoms with Gasteiger partial charge in [-0.25, -0.2) is 4.99 Å². The lowest BCUT2D eigenvalue weighted by molar-refractivity contribution is 0.355. The zero-order chi connectivity index (χ0) is 9.26. The monoisotopic (exact) mass is 214 g/mol. The van der Waals surface area contributed by atoms with Gasteiger partial charge in [-0.15, -0.1) is 0 Å². The average Bonchev–Trinajstić information content (AvgIpc) is 2.17. The molecule has 2 rings (SSSR count). The minimum Gasteiger partial charge on any atom is -0.388 e. The maximum Gasteiger partial charge on any atom is 0.138 e. The molecule has 1 aliphatic heterocycles. The predicted octanol–water partition coefficient (Wildman–Crippen LogP) is 1.97. The van der Waals surface area contributed by atoms with E-state index in [1.54, 1.807) is 6.07 Å². The van der Waals surface area contributed by atoms with Gasteiger partial charge < -0.3 is 9.83 Å². The predicted molar refractivity (Wildman–Crippen MR) is 54.6 cm³/mol. The summed E-state index contributed by atoms with van der Waals surface area (Å²) in [6, 6.07) is 5.46. The summed E-state index contributed by atoms with van der Waals surface area (Å²) in [4.78, 5) is 5.16. The largest absolute Gasteiger partial charge is 0.388 e. The van der Waals surface area contributed by atoms with Crippen LogP contribution in [0.4, 0.5) is 5.69 Å². The number of halogens is 1. The van der Waals surface area contributed by atoms with Crippen molar-refractivity contribution in [3.05, 3.63) is 23.2 Å². The smallest absolute Gasteiger partial charge is 0.138 e. The fourth-order valence-electron chi connectivity index (χ4n) is 1.01. The van der Waals surface area contributed by atoms with Crippen LogP contribution >= 0.6 is 23.5 Å². The number of aliphatic hydroxyl groups excluding tert-OH is 1. The molecule has 5 heteroatoms. The van der Waals surface area contributed by atoms with Crippen LogP contribution in [0.3, 0.4) is 0 Å². The summed E-state index contributed by atoms with van der Waals surface area (Å²) in [5.74, 6) is 0.569. The lowest BCUT2D eigenvalue weighted by atomic mass is 10.3. The Kier molecular flexibility index (Phi) is 2.44. The van der Waals surface area contributed by atoms with E-state index in [9.17, 15) is 0 Å². The van der Waals surface area contributed by atoms with Crippen LogP contribution in [0.1, 0.15) is 0 Å². The number of hydrogen-bond donors (Lipinski definition) is 2. The first-order chi connectivity index (χ1) is 6.29. The molecule has 0 radical (unpaired) electrons. The van der Waals surface area contributed by atoms with Gasteiger partial charge in [0.05, 0.1) is 10.6 Å². The molecule has 13 heavy (non-hydrogen) atoms. The summed E-state index contributed by atoms with van der Waals surface area (Å²) >= 11 is 7.22. The lowest BCUT2D eigenvalue weighted by Gasteiger charge is -2.14. The molecule has 1 aromatic rings. The van der Waals surface area contributed by atoms with E-state index in [0.29, 0.717) is 10.9 Å². The van der Waals surface area contributed by atoms with E-state index in [0.717, 1.165) is 10.6 Å². The minimum atomic E-state index is -0.0743. The van der Waals surface area contributed by atoms with E-state index in [1.165, 1.54) is 11.9 Å². The van der Waals surface area contributed by atoms with Gasteiger partial charge in [-0.1, -0.05) is 11.6 Å². The summed E-state index contributed by atoms with van der Waals surface area (Å²) in [7, 11) is 0. The van der Waals surface area contributed by atoms with Gasteiger partial charge in [0.25, 0.3) is 0 Å².